The second kappa shape index (κ2) is 15.7. The van der Waals surface area contributed by atoms with Crippen LogP contribution in [0.4, 0.5) is 59.4 Å². The van der Waals surface area contributed by atoms with E-state index in [-0.39, 0.29) is 51.3 Å². The third kappa shape index (κ3) is 7.53. The number of hydrogen-bond donors (Lipinski definition) is 2. The molecule has 12 nitrogen and oxygen atoms in total. The van der Waals surface area contributed by atoms with Gasteiger partial charge in [0, 0.05) is 82.8 Å². The number of carboxylic acid groups (broad SMARTS) is 2. The number of carboxylic acids is 2. The molecular formula is C36H34F6N8NiO4S2. The Morgan fingerprint density at radius 3 is 1.56 bits per heavy atom. The number of halogens is 6. The predicted molar refractivity (Wildman–Crippen MR) is 196 cm³/mol. The van der Waals surface area contributed by atoms with Gasteiger partial charge in [-0.25, -0.2) is 19.6 Å². The first-order valence-corrected chi connectivity index (χ1v) is 19.3. The minimum Gasteiger partial charge on any atom is -0.478 e. The Morgan fingerprint density at radius 2 is 1.14 bits per heavy atom. The van der Waals surface area contributed by atoms with Crippen molar-refractivity contribution < 1.29 is 62.6 Å². The van der Waals surface area contributed by atoms with Gasteiger partial charge in [0.2, 0.25) is 10.3 Å². The Hall–Kier alpha value is -4.49. The number of alkyl halides is 6. The third-order valence-electron chi connectivity index (χ3n) is 10.8. The van der Waals surface area contributed by atoms with Crippen LogP contribution in [0.1, 0.15) is 82.5 Å². The Labute approximate surface area is 339 Å². The van der Waals surface area contributed by atoms with Crippen molar-refractivity contribution in [1.29, 1.82) is 0 Å². The van der Waals surface area contributed by atoms with E-state index in [1.807, 2.05) is 11.4 Å². The second-order valence-corrected chi connectivity index (χ2v) is 16.1. The van der Waals surface area contributed by atoms with Crippen molar-refractivity contribution in [2.24, 2.45) is 20.5 Å². The molecule has 4 aliphatic rings. The molecule has 2 aromatic heterocycles. The average Bonchev–Trinajstić information content (AvgIpc) is 3.86. The first-order valence-electron chi connectivity index (χ1n) is 17.6. The fourth-order valence-corrected chi connectivity index (χ4v) is 9.04. The van der Waals surface area contributed by atoms with E-state index in [2.05, 4.69) is 49.2 Å². The SMILES string of the molecule is CC1(C)CCN2CCCc3c(C(=O)O)c(N=Nc4nccs4)cc1c32.O=C(O)c1c(N=Nc2nccs2)cc2c3c1CCCN3CCC2(C(F)(F)F)C(F)(F)F.[Ni]. The van der Waals surface area contributed by atoms with Crippen LogP contribution in [-0.4, -0.2) is 70.7 Å². The molecule has 6 heterocycles. The first-order chi connectivity index (χ1) is 26.4. The van der Waals surface area contributed by atoms with E-state index in [0.717, 1.165) is 54.9 Å². The van der Waals surface area contributed by atoms with E-state index in [9.17, 15) is 46.1 Å². The fraction of sp³-hybridized carbons (Fsp3) is 0.444. The molecule has 0 aliphatic carbocycles. The monoisotopic (exact) mass is 878 g/mol. The standard InChI is InChI=1S/C18H14F6N4O2S.C18H20N4O2S.Ni/c19-17(20,21)16(18(22,23)24)3-6-28-5-1-2-9-12(14(29)30)11(8-10(16)13(9)28)26-27-15-25-4-7-31-15;1-18(2)5-8-22-7-3-4-11-14(16(23)24)13(10-12(18)15(11)22)20-21-17-19-6-9-25-17;/h4,7-8H,1-3,5-6H2,(H,29,30);6,9-10H,3-5,7-8H2,1-2H3,(H,23,24);. The van der Waals surface area contributed by atoms with E-state index >= 15 is 0 Å². The van der Waals surface area contributed by atoms with Gasteiger partial charge in [-0.3, -0.25) is 0 Å². The molecule has 4 aromatic rings. The van der Waals surface area contributed by atoms with E-state index in [1.54, 1.807) is 11.6 Å². The number of hydrogen-bond acceptors (Lipinski definition) is 12. The van der Waals surface area contributed by atoms with E-state index < -0.39 is 59.5 Å². The molecule has 0 spiro atoms. The Balaban J connectivity index is 0.000000193. The molecule has 0 fully saturated rings. The maximum atomic E-state index is 14.0. The summed E-state index contributed by atoms with van der Waals surface area (Å²) in [5.74, 6) is -2.43. The van der Waals surface area contributed by atoms with Gasteiger partial charge in [-0.2, -0.15) is 26.3 Å². The molecule has 0 radical (unpaired) electrons. The summed E-state index contributed by atoms with van der Waals surface area (Å²) in [5, 5.41) is 39.4. The maximum absolute atomic E-state index is 14.0. The maximum Gasteiger partial charge on any atom is 0.407 e. The summed E-state index contributed by atoms with van der Waals surface area (Å²) >= 11 is 2.41. The van der Waals surface area contributed by atoms with Gasteiger partial charge in [-0.1, -0.05) is 13.8 Å². The summed E-state index contributed by atoms with van der Waals surface area (Å²) in [5.41, 5.74) is -2.58. The molecule has 4 aliphatic heterocycles. The number of nitrogens with zero attached hydrogens (tertiary/aromatic N) is 8. The quantitative estimate of drug-likeness (QED) is 0.110. The van der Waals surface area contributed by atoms with Crippen LogP contribution < -0.4 is 9.80 Å². The number of anilines is 2. The van der Waals surface area contributed by atoms with Gasteiger partial charge in [0.25, 0.3) is 0 Å². The summed E-state index contributed by atoms with van der Waals surface area (Å²) in [7, 11) is 0. The molecular weight excluding hydrogens is 845 g/mol. The zero-order chi connectivity index (χ0) is 40.2. The Kier molecular flexibility index (Phi) is 11.6. The molecule has 2 N–H and O–H groups in total. The zero-order valence-corrected chi connectivity index (χ0v) is 32.8. The minimum absolute atomic E-state index is 0. The van der Waals surface area contributed by atoms with Gasteiger partial charge in [0.1, 0.15) is 11.4 Å². The van der Waals surface area contributed by atoms with E-state index in [1.165, 1.54) is 28.0 Å². The predicted octanol–water partition coefficient (Wildman–Crippen LogP) is 10.5. The summed E-state index contributed by atoms with van der Waals surface area (Å²) in [4.78, 5) is 35.6. The Bertz CT molecular complexity index is 2220. The zero-order valence-electron chi connectivity index (χ0n) is 30.2. The fourth-order valence-electron chi connectivity index (χ4n) is 8.14. The van der Waals surface area contributed by atoms with Crippen molar-refractivity contribution in [3.63, 3.8) is 0 Å². The van der Waals surface area contributed by atoms with Crippen LogP contribution in [0, 0.1) is 0 Å². The smallest absolute Gasteiger partial charge is 0.407 e. The van der Waals surface area contributed by atoms with Crippen LogP contribution in [-0.2, 0) is 40.2 Å². The summed E-state index contributed by atoms with van der Waals surface area (Å²) in [6.45, 7) is 6.16. The van der Waals surface area contributed by atoms with Gasteiger partial charge in [-0.15, -0.1) is 43.1 Å². The second-order valence-electron chi connectivity index (χ2n) is 14.4. The normalized spacial score (nSPS) is 18.0. The van der Waals surface area contributed by atoms with Crippen molar-refractivity contribution in [2.45, 2.75) is 75.6 Å². The molecule has 0 bridgehead atoms. The van der Waals surface area contributed by atoms with Gasteiger partial charge < -0.3 is 20.0 Å². The molecule has 0 saturated carbocycles. The molecule has 0 unspecified atom stereocenters. The van der Waals surface area contributed by atoms with Crippen LogP contribution in [0.3, 0.4) is 0 Å². The van der Waals surface area contributed by atoms with Crippen molar-refractivity contribution in [3.05, 3.63) is 68.7 Å². The molecule has 57 heavy (non-hydrogen) atoms. The van der Waals surface area contributed by atoms with Gasteiger partial charge >= 0.3 is 24.3 Å². The topological polar surface area (TPSA) is 156 Å². The van der Waals surface area contributed by atoms with Gasteiger partial charge in [0.05, 0.1) is 11.1 Å². The summed E-state index contributed by atoms with van der Waals surface area (Å²) in [6, 6.07) is 2.51. The van der Waals surface area contributed by atoms with Crippen molar-refractivity contribution in [2.75, 3.05) is 36.0 Å². The van der Waals surface area contributed by atoms with Crippen LogP contribution in [0.25, 0.3) is 0 Å². The number of aromatic carboxylic acids is 2. The van der Waals surface area contributed by atoms with Gasteiger partial charge in [0.15, 0.2) is 5.41 Å². The molecule has 0 saturated heterocycles. The first kappa shape index (κ1) is 42.1. The summed E-state index contributed by atoms with van der Waals surface area (Å²) < 4.78 is 84.2. The van der Waals surface area contributed by atoms with Crippen LogP contribution in [0.15, 0.2) is 55.7 Å². The number of carbonyl (C=O) groups is 2. The third-order valence-corrected chi connectivity index (χ3v) is 12.1. The van der Waals surface area contributed by atoms with Crippen molar-refractivity contribution >= 4 is 67.6 Å². The van der Waals surface area contributed by atoms with Crippen LogP contribution in [0.5, 0.6) is 0 Å². The minimum atomic E-state index is -5.64. The number of thiazole rings is 2. The molecule has 2 aromatic carbocycles. The number of aromatic nitrogens is 2. The van der Waals surface area contributed by atoms with Crippen molar-refractivity contribution in [3.8, 4) is 0 Å². The summed E-state index contributed by atoms with van der Waals surface area (Å²) in [6.07, 6.45) is -6.25. The largest absolute Gasteiger partial charge is 0.478 e. The van der Waals surface area contributed by atoms with Gasteiger partial charge in [-0.05, 0) is 72.8 Å². The number of benzene rings is 2. The molecule has 8 rings (SSSR count). The van der Waals surface area contributed by atoms with Crippen LogP contribution in [0.2, 0.25) is 0 Å². The van der Waals surface area contributed by atoms with E-state index in [4.69, 9.17) is 0 Å². The molecule has 0 amide bonds. The van der Waals surface area contributed by atoms with Crippen LogP contribution >= 0.6 is 22.7 Å². The van der Waals surface area contributed by atoms with Crippen molar-refractivity contribution in [1.82, 2.24) is 9.97 Å². The molecule has 0 atom stereocenters. The van der Waals surface area contributed by atoms with E-state index in [0.29, 0.717) is 28.9 Å². The molecule has 306 valence electrons. The number of rotatable bonds is 6. The Morgan fingerprint density at radius 1 is 0.702 bits per heavy atom. The molecule has 21 heteroatoms. The average molecular weight is 880 g/mol. The number of azo groups is 2.